The number of rotatable bonds is 11. The van der Waals surface area contributed by atoms with E-state index in [9.17, 15) is 14.7 Å². The number of carboxylic acid groups (broad SMARTS) is 1. The average Bonchev–Trinajstić information content (AvgIpc) is 3.01. The summed E-state index contributed by atoms with van der Waals surface area (Å²) in [7, 11) is 0. The SMILES string of the molecule is O=C(O)CC(NC(=O)c1cc(Br)ccc1OCC1CCCCC1)c1ccc(-c2ccccc2Oc2ccccc2)cc1. The molecule has 0 bridgehead atoms. The Balaban J connectivity index is 1.34. The predicted octanol–water partition coefficient (Wildman–Crippen LogP) is 8.81. The number of carbonyl (C=O) groups excluding carboxylic acids is 1. The fraction of sp³-hybridized carbons (Fsp3) is 0.257. The van der Waals surface area contributed by atoms with Gasteiger partial charge in [-0.1, -0.05) is 95.9 Å². The van der Waals surface area contributed by atoms with E-state index in [2.05, 4.69) is 21.2 Å². The lowest BCUT2D eigenvalue weighted by Crippen LogP contribution is -2.30. The Morgan fingerprint density at radius 3 is 2.31 bits per heavy atom. The summed E-state index contributed by atoms with van der Waals surface area (Å²) in [5.41, 5.74) is 2.88. The molecule has 216 valence electrons. The third kappa shape index (κ3) is 7.79. The van der Waals surface area contributed by atoms with Gasteiger partial charge >= 0.3 is 5.97 Å². The Hall–Kier alpha value is -4.10. The summed E-state index contributed by atoms with van der Waals surface area (Å²) >= 11 is 3.46. The van der Waals surface area contributed by atoms with Crippen LogP contribution in [0.25, 0.3) is 11.1 Å². The topological polar surface area (TPSA) is 84.9 Å². The van der Waals surface area contributed by atoms with Gasteiger partial charge in [0.05, 0.1) is 24.6 Å². The molecule has 0 aliphatic heterocycles. The lowest BCUT2D eigenvalue weighted by molar-refractivity contribution is -0.137. The fourth-order valence-corrected chi connectivity index (χ4v) is 5.70. The van der Waals surface area contributed by atoms with Gasteiger partial charge in [0.1, 0.15) is 17.2 Å². The summed E-state index contributed by atoms with van der Waals surface area (Å²) in [6.45, 7) is 0.567. The molecule has 1 amide bonds. The van der Waals surface area contributed by atoms with Crippen LogP contribution >= 0.6 is 15.9 Å². The van der Waals surface area contributed by atoms with Crippen molar-refractivity contribution >= 4 is 27.8 Å². The number of nitrogens with one attached hydrogen (secondary N) is 1. The van der Waals surface area contributed by atoms with Crippen molar-refractivity contribution in [2.75, 3.05) is 6.61 Å². The highest BCUT2D eigenvalue weighted by atomic mass is 79.9. The van der Waals surface area contributed by atoms with Crippen LogP contribution in [0, 0.1) is 5.92 Å². The van der Waals surface area contributed by atoms with Gasteiger partial charge in [0, 0.05) is 10.0 Å². The molecule has 1 fully saturated rings. The highest BCUT2D eigenvalue weighted by Crippen LogP contribution is 2.34. The molecule has 5 rings (SSSR count). The Morgan fingerprint density at radius 1 is 0.857 bits per heavy atom. The molecule has 7 heteroatoms. The minimum absolute atomic E-state index is 0.259. The number of carboxylic acids is 1. The Kier molecular flexibility index (Phi) is 9.93. The van der Waals surface area contributed by atoms with Crippen LogP contribution in [0.15, 0.2) is 102 Å². The van der Waals surface area contributed by atoms with Crippen LogP contribution in [-0.4, -0.2) is 23.6 Å². The van der Waals surface area contributed by atoms with Gasteiger partial charge in [-0.25, -0.2) is 0 Å². The molecule has 6 nitrogen and oxygen atoms in total. The molecule has 0 aromatic heterocycles. The van der Waals surface area contributed by atoms with Crippen molar-refractivity contribution in [3.05, 3.63) is 113 Å². The van der Waals surface area contributed by atoms with Crippen LogP contribution in [0.5, 0.6) is 17.2 Å². The molecule has 0 saturated heterocycles. The maximum atomic E-state index is 13.5. The molecule has 42 heavy (non-hydrogen) atoms. The molecular formula is C35H34BrNO5. The maximum absolute atomic E-state index is 13.5. The zero-order chi connectivity index (χ0) is 29.3. The van der Waals surface area contributed by atoms with E-state index in [4.69, 9.17) is 9.47 Å². The summed E-state index contributed by atoms with van der Waals surface area (Å²) in [6, 6.07) is 29.5. The lowest BCUT2D eigenvalue weighted by atomic mass is 9.90. The highest BCUT2D eigenvalue weighted by Gasteiger charge is 2.23. The minimum Gasteiger partial charge on any atom is -0.492 e. The number of hydrogen-bond acceptors (Lipinski definition) is 4. The largest absolute Gasteiger partial charge is 0.492 e. The average molecular weight is 629 g/mol. The summed E-state index contributed by atoms with van der Waals surface area (Å²) in [6.07, 6.45) is 5.70. The number of para-hydroxylation sites is 2. The van der Waals surface area contributed by atoms with Gasteiger partial charge in [0.25, 0.3) is 5.91 Å². The molecule has 1 atom stereocenters. The minimum atomic E-state index is -1.01. The molecule has 0 spiro atoms. The second-order valence-electron chi connectivity index (χ2n) is 10.6. The Bertz CT molecular complexity index is 1500. The molecule has 4 aromatic rings. The number of ether oxygens (including phenoxy) is 2. The first-order valence-corrected chi connectivity index (χ1v) is 15.1. The molecule has 1 aliphatic rings. The van der Waals surface area contributed by atoms with Crippen molar-refractivity contribution in [2.24, 2.45) is 5.92 Å². The third-order valence-corrected chi connectivity index (χ3v) is 8.04. The number of aliphatic carboxylic acids is 1. The number of carbonyl (C=O) groups is 2. The Labute approximate surface area is 254 Å². The number of hydrogen-bond donors (Lipinski definition) is 2. The van der Waals surface area contributed by atoms with E-state index in [-0.39, 0.29) is 12.3 Å². The van der Waals surface area contributed by atoms with Crippen molar-refractivity contribution in [3.63, 3.8) is 0 Å². The van der Waals surface area contributed by atoms with Crippen LogP contribution in [0.1, 0.15) is 60.5 Å². The number of benzene rings is 4. The summed E-state index contributed by atoms with van der Waals surface area (Å²) < 4.78 is 13.0. The maximum Gasteiger partial charge on any atom is 0.305 e. The predicted molar refractivity (Wildman–Crippen MR) is 167 cm³/mol. The van der Waals surface area contributed by atoms with E-state index in [1.165, 1.54) is 19.3 Å². The molecule has 1 unspecified atom stereocenters. The molecule has 0 radical (unpaired) electrons. The normalized spacial score (nSPS) is 14.1. The number of amides is 1. The van der Waals surface area contributed by atoms with Crippen LogP contribution < -0.4 is 14.8 Å². The van der Waals surface area contributed by atoms with Gasteiger partial charge in [-0.15, -0.1) is 0 Å². The van der Waals surface area contributed by atoms with Crippen molar-refractivity contribution in [1.82, 2.24) is 5.32 Å². The summed E-state index contributed by atoms with van der Waals surface area (Å²) in [5, 5.41) is 12.6. The first-order valence-electron chi connectivity index (χ1n) is 14.3. The highest BCUT2D eigenvalue weighted by molar-refractivity contribution is 9.10. The van der Waals surface area contributed by atoms with E-state index in [1.807, 2.05) is 84.9 Å². The van der Waals surface area contributed by atoms with Crippen LogP contribution in [0.4, 0.5) is 0 Å². The number of halogens is 1. The standard InChI is InChI=1S/C35H34BrNO5/c36-27-19-20-32(41-23-24-9-3-1-4-10-24)30(21-27)35(40)37-31(22-34(38)39)26-17-15-25(16-18-26)29-13-7-8-14-33(29)42-28-11-5-2-6-12-28/h2,5-8,11-21,24,31H,1,3-4,9-10,22-23H2,(H,37,40)(H,38,39). The molecule has 0 heterocycles. The quantitative estimate of drug-likeness (QED) is 0.173. The fourth-order valence-electron chi connectivity index (χ4n) is 5.33. The molecule has 1 aliphatic carbocycles. The van der Waals surface area contributed by atoms with Gasteiger partial charge in [-0.05, 0) is 66.3 Å². The summed E-state index contributed by atoms with van der Waals surface area (Å²) in [4.78, 5) is 25.3. The smallest absolute Gasteiger partial charge is 0.305 e. The zero-order valence-corrected chi connectivity index (χ0v) is 24.9. The monoisotopic (exact) mass is 627 g/mol. The van der Waals surface area contributed by atoms with Crippen molar-refractivity contribution in [2.45, 2.75) is 44.6 Å². The van der Waals surface area contributed by atoms with Crippen LogP contribution in [-0.2, 0) is 4.79 Å². The first-order chi connectivity index (χ1) is 20.5. The molecule has 1 saturated carbocycles. The van der Waals surface area contributed by atoms with Crippen molar-refractivity contribution in [1.29, 1.82) is 0 Å². The molecular weight excluding hydrogens is 594 g/mol. The van der Waals surface area contributed by atoms with E-state index in [0.717, 1.165) is 34.2 Å². The van der Waals surface area contributed by atoms with E-state index >= 15 is 0 Å². The lowest BCUT2D eigenvalue weighted by Gasteiger charge is -2.23. The molecule has 2 N–H and O–H groups in total. The van der Waals surface area contributed by atoms with E-state index in [0.29, 0.717) is 35.2 Å². The summed E-state index contributed by atoms with van der Waals surface area (Å²) in [5.74, 6) is 1.05. The van der Waals surface area contributed by atoms with Crippen molar-refractivity contribution in [3.8, 4) is 28.4 Å². The van der Waals surface area contributed by atoms with Crippen molar-refractivity contribution < 1.29 is 24.2 Å². The van der Waals surface area contributed by atoms with Gasteiger partial charge in [0.15, 0.2) is 0 Å². The van der Waals surface area contributed by atoms with Gasteiger partial charge in [-0.2, -0.15) is 0 Å². The zero-order valence-electron chi connectivity index (χ0n) is 23.3. The van der Waals surface area contributed by atoms with Crippen LogP contribution in [0.3, 0.4) is 0 Å². The van der Waals surface area contributed by atoms with Crippen LogP contribution in [0.2, 0.25) is 0 Å². The second-order valence-corrected chi connectivity index (χ2v) is 11.5. The second kappa shape index (κ2) is 14.2. The van der Waals surface area contributed by atoms with Gasteiger partial charge in [0.2, 0.25) is 0 Å². The Morgan fingerprint density at radius 2 is 1.57 bits per heavy atom. The van der Waals surface area contributed by atoms with E-state index < -0.39 is 12.0 Å². The molecule has 4 aromatic carbocycles. The van der Waals surface area contributed by atoms with Gasteiger partial charge < -0.3 is 19.9 Å². The third-order valence-electron chi connectivity index (χ3n) is 7.55. The van der Waals surface area contributed by atoms with Gasteiger partial charge in [-0.3, -0.25) is 9.59 Å². The van der Waals surface area contributed by atoms with E-state index in [1.54, 1.807) is 12.1 Å². The first kappa shape index (κ1) is 29.4.